The summed E-state index contributed by atoms with van der Waals surface area (Å²) in [4.78, 5) is 1.28. The number of rotatable bonds is 1. The molecule has 0 aliphatic rings. The third kappa shape index (κ3) is 2.32. The molecular weight excluding hydrogens is 152 g/mol. The molecule has 56 valence electrons. The van der Waals surface area contributed by atoms with E-state index in [9.17, 15) is 0 Å². The van der Waals surface area contributed by atoms with Crippen molar-refractivity contribution < 1.29 is 0 Å². The van der Waals surface area contributed by atoms with Crippen LogP contribution in [0.4, 0.5) is 0 Å². The minimum absolute atomic E-state index is 1.09. The largest absolute Gasteiger partial charge is 0.130 e. The molecule has 0 amide bonds. The lowest BCUT2D eigenvalue weighted by atomic mass is 10.2. The molecule has 0 radical (unpaired) electrons. The zero-order valence-electron chi connectivity index (χ0n) is 6.72. The smallest absolute Gasteiger partial charge is 0.0245 e. The highest BCUT2D eigenvalue weighted by atomic mass is 32.2. The summed E-state index contributed by atoms with van der Waals surface area (Å²) in [5, 5.41) is 0. The van der Waals surface area contributed by atoms with Gasteiger partial charge in [-0.15, -0.1) is 17.7 Å². The van der Waals surface area contributed by atoms with Gasteiger partial charge in [0.15, 0.2) is 0 Å². The molecule has 0 unspecified atom stereocenters. The van der Waals surface area contributed by atoms with Crippen molar-refractivity contribution in [1.82, 2.24) is 0 Å². The molecular formula is C10H10S. The Morgan fingerprint density at radius 1 is 1.18 bits per heavy atom. The fraction of sp³-hybridized carbons (Fsp3) is 0.200. The summed E-state index contributed by atoms with van der Waals surface area (Å²) in [6.07, 6.45) is 2.07. The van der Waals surface area contributed by atoms with Gasteiger partial charge in [0, 0.05) is 10.5 Å². The minimum atomic E-state index is 1.09. The summed E-state index contributed by atoms with van der Waals surface area (Å²) in [5.74, 6) is 5.86. The lowest BCUT2D eigenvalue weighted by molar-refractivity contribution is 1.45. The van der Waals surface area contributed by atoms with Gasteiger partial charge in [0.05, 0.1) is 0 Å². The van der Waals surface area contributed by atoms with Crippen LogP contribution in [0, 0.1) is 11.8 Å². The van der Waals surface area contributed by atoms with Crippen molar-refractivity contribution in [3.05, 3.63) is 29.8 Å². The molecule has 0 bridgehead atoms. The molecule has 0 N–H and O–H groups in total. The van der Waals surface area contributed by atoms with Gasteiger partial charge >= 0.3 is 0 Å². The fourth-order valence-electron chi connectivity index (χ4n) is 0.819. The second kappa shape index (κ2) is 4.10. The van der Waals surface area contributed by atoms with Crippen LogP contribution < -0.4 is 0 Å². The molecule has 0 atom stereocenters. The Bertz CT molecular complexity index is 274. The quantitative estimate of drug-likeness (QED) is 0.452. The third-order valence-electron chi connectivity index (χ3n) is 1.36. The van der Waals surface area contributed by atoms with Crippen LogP contribution in [0.5, 0.6) is 0 Å². The summed E-state index contributed by atoms with van der Waals surface area (Å²) < 4.78 is 0. The highest BCUT2D eigenvalue weighted by Crippen LogP contribution is 2.13. The maximum atomic E-state index is 3.00. The van der Waals surface area contributed by atoms with E-state index in [4.69, 9.17) is 0 Å². The third-order valence-corrected chi connectivity index (χ3v) is 2.10. The van der Waals surface area contributed by atoms with Crippen molar-refractivity contribution in [3.63, 3.8) is 0 Å². The molecule has 1 aromatic rings. The van der Waals surface area contributed by atoms with Crippen LogP contribution in [0.15, 0.2) is 29.2 Å². The number of thioether (sulfide) groups is 1. The van der Waals surface area contributed by atoms with Crippen molar-refractivity contribution >= 4 is 11.8 Å². The number of hydrogen-bond donors (Lipinski definition) is 0. The molecule has 1 aromatic carbocycles. The van der Waals surface area contributed by atoms with Crippen LogP contribution >= 0.6 is 11.8 Å². The zero-order valence-corrected chi connectivity index (χ0v) is 7.53. The van der Waals surface area contributed by atoms with E-state index < -0.39 is 0 Å². The summed E-state index contributed by atoms with van der Waals surface area (Å²) in [6.45, 7) is 1.85. The van der Waals surface area contributed by atoms with Gasteiger partial charge in [-0.25, -0.2) is 0 Å². The first-order chi connectivity index (χ1) is 5.36. The number of benzene rings is 1. The van der Waals surface area contributed by atoms with Gasteiger partial charge in [0.1, 0.15) is 0 Å². The maximum absolute atomic E-state index is 3.00. The van der Waals surface area contributed by atoms with Gasteiger partial charge in [-0.05, 0) is 37.4 Å². The molecule has 1 heteroatoms. The summed E-state index contributed by atoms with van der Waals surface area (Å²) in [5.41, 5.74) is 1.09. The van der Waals surface area contributed by atoms with Crippen LogP contribution in [0.1, 0.15) is 12.5 Å². The second-order valence-electron chi connectivity index (χ2n) is 2.10. The Kier molecular flexibility index (Phi) is 3.07. The van der Waals surface area contributed by atoms with Crippen LogP contribution in [0.3, 0.4) is 0 Å². The first kappa shape index (κ1) is 8.23. The van der Waals surface area contributed by atoms with Gasteiger partial charge in [0.25, 0.3) is 0 Å². The Morgan fingerprint density at radius 2 is 1.82 bits per heavy atom. The molecule has 0 fully saturated rings. The Balaban J connectivity index is 2.88. The van der Waals surface area contributed by atoms with Crippen molar-refractivity contribution in [2.24, 2.45) is 0 Å². The van der Waals surface area contributed by atoms with Gasteiger partial charge in [-0.3, -0.25) is 0 Å². The normalized spacial score (nSPS) is 8.55. The monoisotopic (exact) mass is 162 g/mol. The van der Waals surface area contributed by atoms with Crippen molar-refractivity contribution in [2.45, 2.75) is 11.8 Å². The summed E-state index contributed by atoms with van der Waals surface area (Å²) in [6, 6.07) is 8.26. The fourth-order valence-corrected chi connectivity index (χ4v) is 1.23. The van der Waals surface area contributed by atoms with Gasteiger partial charge < -0.3 is 0 Å². The van der Waals surface area contributed by atoms with E-state index in [-0.39, 0.29) is 0 Å². The van der Waals surface area contributed by atoms with E-state index in [2.05, 4.69) is 30.2 Å². The molecule has 0 saturated heterocycles. The molecule has 0 heterocycles. The average Bonchev–Trinajstić information content (AvgIpc) is 2.07. The van der Waals surface area contributed by atoms with Crippen LogP contribution in [-0.2, 0) is 0 Å². The molecule has 0 nitrogen and oxygen atoms in total. The topological polar surface area (TPSA) is 0 Å². The minimum Gasteiger partial charge on any atom is -0.130 e. The number of hydrogen-bond acceptors (Lipinski definition) is 1. The van der Waals surface area contributed by atoms with Crippen LogP contribution in [0.2, 0.25) is 0 Å². The van der Waals surface area contributed by atoms with Gasteiger partial charge in [-0.1, -0.05) is 5.92 Å². The van der Waals surface area contributed by atoms with Crippen LogP contribution in [0.25, 0.3) is 0 Å². The standard InChI is InChI=1S/C10H10S/c1-3-4-9-5-7-10(11-2)8-6-9/h5-8H,1-2H3. The molecule has 0 saturated carbocycles. The van der Waals surface area contributed by atoms with E-state index in [0.717, 1.165) is 5.56 Å². The molecule has 0 aromatic heterocycles. The molecule has 0 aliphatic heterocycles. The maximum Gasteiger partial charge on any atom is 0.0245 e. The first-order valence-electron chi connectivity index (χ1n) is 3.43. The predicted octanol–water partition coefficient (Wildman–Crippen LogP) is 2.78. The molecule has 11 heavy (non-hydrogen) atoms. The Hall–Kier alpha value is -0.870. The van der Waals surface area contributed by atoms with E-state index in [1.165, 1.54) is 4.90 Å². The Labute approximate surface area is 72.0 Å². The van der Waals surface area contributed by atoms with E-state index in [1.807, 2.05) is 19.1 Å². The van der Waals surface area contributed by atoms with Gasteiger partial charge in [-0.2, -0.15) is 0 Å². The zero-order chi connectivity index (χ0) is 8.10. The molecule has 0 spiro atoms. The van der Waals surface area contributed by atoms with Crippen molar-refractivity contribution in [3.8, 4) is 11.8 Å². The van der Waals surface area contributed by atoms with E-state index >= 15 is 0 Å². The highest BCUT2D eigenvalue weighted by Gasteiger charge is 1.87. The lowest BCUT2D eigenvalue weighted by Gasteiger charge is -1.93. The Morgan fingerprint density at radius 3 is 2.27 bits per heavy atom. The highest BCUT2D eigenvalue weighted by molar-refractivity contribution is 7.98. The predicted molar refractivity (Wildman–Crippen MR) is 50.8 cm³/mol. The second-order valence-corrected chi connectivity index (χ2v) is 2.98. The van der Waals surface area contributed by atoms with Crippen molar-refractivity contribution in [2.75, 3.05) is 6.26 Å². The first-order valence-corrected chi connectivity index (χ1v) is 4.66. The average molecular weight is 162 g/mol. The van der Waals surface area contributed by atoms with E-state index in [1.54, 1.807) is 11.8 Å². The lowest BCUT2D eigenvalue weighted by Crippen LogP contribution is -1.73. The van der Waals surface area contributed by atoms with Crippen molar-refractivity contribution in [1.29, 1.82) is 0 Å². The summed E-state index contributed by atoms with van der Waals surface area (Å²) in [7, 11) is 0. The SMILES string of the molecule is CC#Cc1ccc(SC)cc1. The van der Waals surface area contributed by atoms with E-state index in [0.29, 0.717) is 0 Å². The molecule has 1 rings (SSSR count). The summed E-state index contributed by atoms with van der Waals surface area (Å²) >= 11 is 1.75. The molecule has 0 aliphatic carbocycles. The van der Waals surface area contributed by atoms with Gasteiger partial charge in [0.2, 0.25) is 0 Å². The van der Waals surface area contributed by atoms with Crippen LogP contribution in [-0.4, -0.2) is 6.26 Å².